The molecule has 112 valence electrons. The zero-order valence-electron chi connectivity index (χ0n) is 12.8. The predicted octanol–water partition coefficient (Wildman–Crippen LogP) is 3.59. The lowest BCUT2D eigenvalue weighted by Gasteiger charge is -2.20. The number of benzene rings is 1. The number of aryl methyl sites for hydroxylation is 1. The van der Waals surface area contributed by atoms with Gasteiger partial charge in [-0.1, -0.05) is 29.8 Å². The molecule has 0 saturated heterocycles. The van der Waals surface area contributed by atoms with Crippen LogP contribution in [0.1, 0.15) is 29.5 Å². The molecule has 3 rings (SSSR count). The standard InChI is InChI=1S/C19H20N2O/c1-15-2-4-16(5-3-15)6-9-19(22)21(18-7-8-18)14-17-10-12-20-13-11-17/h2-6,9-13,18H,7-8,14H2,1H3/b9-6+. The smallest absolute Gasteiger partial charge is 0.247 e. The second-order valence-corrected chi connectivity index (χ2v) is 5.80. The average Bonchev–Trinajstić information content (AvgIpc) is 3.37. The Labute approximate surface area is 131 Å². The minimum absolute atomic E-state index is 0.0832. The summed E-state index contributed by atoms with van der Waals surface area (Å²) in [5, 5.41) is 0. The highest BCUT2D eigenvalue weighted by molar-refractivity contribution is 5.92. The van der Waals surface area contributed by atoms with Gasteiger partial charge in [0.15, 0.2) is 0 Å². The van der Waals surface area contributed by atoms with E-state index in [9.17, 15) is 4.79 Å². The Hall–Kier alpha value is -2.42. The van der Waals surface area contributed by atoms with Crippen LogP contribution in [-0.4, -0.2) is 21.8 Å². The fourth-order valence-corrected chi connectivity index (χ4v) is 2.40. The first-order chi connectivity index (χ1) is 10.7. The predicted molar refractivity (Wildman–Crippen MR) is 88.0 cm³/mol. The first kappa shape index (κ1) is 14.5. The van der Waals surface area contributed by atoms with Gasteiger partial charge in [-0.2, -0.15) is 0 Å². The molecule has 22 heavy (non-hydrogen) atoms. The van der Waals surface area contributed by atoms with Gasteiger partial charge in [-0.3, -0.25) is 9.78 Å². The third-order valence-electron chi connectivity index (χ3n) is 3.87. The van der Waals surface area contributed by atoms with E-state index in [1.807, 2.05) is 35.2 Å². The Morgan fingerprint density at radius 3 is 2.50 bits per heavy atom. The Balaban J connectivity index is 1.69. The Kier molecular flexibility index (Phi) is 4.33. The average molecular weight is 292 g/mol. The number of hydrogen-bond acceptors (Lipinski definition) is 2. The van der Waals surface area contributed by atoms with Crippen molar-refractivity contribution in [1.82, 2.24) is 9.88 Å². The number of carbonyl (C=O) groups excluding carboxylic acids is 1. The molecule has 1 heterocycles. The Morgan fingerprint density at radius 2 is 1.86 bits per heavy atom. The first-order valence-electron chi connectivity index (χ1n) is 7.66. The molecule has 3 nitrogen and oxygen atoms in total. The van der Waals surface area contributed by atoms with Crippen LogP contribution in [0.5, 0.6) is 0 Å². The number of nitrogens with zero attached hydrogens (tertiary/aromatic N) is 2. The summed E-state index contributed by atoms with van der Waals surface area (Å²) < 4.78 is 0. The topological polar surface area (TPSA) is 33.2 Å². The second kappa shape index (κ2) is 6.56. The Bertz CT molecular complexity index is 658. The SMILES string of the molecule is Cc1ccc(/C=C/C(=O)N(Cc2ccncc2)C2CC2)cc1. The monoisotopic (exact) mass is 292 g/mol. The van der Waals surface area contributed by atoms with Crippen molar-refractivity contribution < 1.29 is 4.79 Å². The number of carbonyl (C=O) groups is 1. The molecule has 0 spiro atoms. The van der Waals surface area contributed by atoms with E-state index in [1.165, 1.54) is 5.56 Å². The molecule has 0 bridgehead atoms. The van der Waals surface area contributed by atoms with Gasteiger partial charge in [0.25, 0.3) is 0 Å². The van der Waals surface area contributed by atoms with Gasteiger partial charge in [-0.15, -0.1) is 0 Å². The van der Waals surface area contributed by atoms with Gasteiger partial charge >= 0.3 is 0 Å². The number of pyridine rings is 1. The van der Waals surface area contributed by atoms with Crippen LogP contribution < -0.4 is 0 Å². The quantitative estimate of drug-likeness (QED) is 0.789. The van der Waals surface area contributed by atoms with Crippen molar-refractivity contribution in [3.05, 3.63) is 71.6 Å². The molecule has 0 N–H and O–H groups in total. The van der Waals surface area contributed by atoms with Gasteiger partial charge in [0.1, 0.15) is 0 Å². The molecule has 1 aromatic carbocycles. The molecular weight excluding hydrogens is 272 g/mol. The molecule has 0 aliphatic heterocycles. The molecule has 3 heteroatoms. The largest absolute Gasteiger partial charge is 0.332 e. The molecule has 0 radical (unpaired) electrons. The highest BCUT2D eigenvalue weighted by Crippen LogP contribution is 2.28. The summed E-state index contributed by atoms with van der Waals surface area (Å²) in [6, 6.07) is 12.5. The molecular formula is C19H20N2O. The van der Waals surface area contributed by atoms with E-state index in [4.69, 9.17) is 0 Å². The summed E-state index contributed by atoms with van der Waals surface area (Å²) in [6.45, 7) is 2.71. The number of aromatic nitrogens is 1. The highest BCUT2D eigenvalue weighted by Gasteiger charge is 2.31. The van der Waals surface area contributed by atoms with Crippen LogP contribution in [0.25, 0.3) is 6.08 Å². The maximum absolute atomic E-state index is 12.5. The van der Waals surface area contributed by atoms with Gasteiger partial charge in [0.2, 0.25) is 5.91 Å². The van der Waals surface area contributed by atoms with Crippen LogP contribution in [-0.2, 0) is 11.3 Å². The van der Waals surface area contributed by atoms with E-state index in [-0.39, 0.29) is 5.91 Å². The van der Waals surface area contributed by atoms with Crippen molar-refractivity contribution in [2.75, 3.05) is 0 Å². The summed E-state index contributed by atoms with van der Waals surface area (Å²) in [7, 11) is 0. The van der Waals surface area contributed by atoms with Gasteiger partial charge < -0.3 is 4.90 Å². The minimum Gasteiger partial charge on any atom is -0.332 e. The lowest BCUT2D eigenvalue weighted by atomic mass is 10.1. The van der Waals surface area contributed by atoms with Crippen LogP contribution in [0.3, 0.4) is 0 Å². The summed E-state index contributed by atoms with van der Waals surface area (Å²) in [5.41, 5.74) is 3.40. The van der Waals surface area contributed by atoms with Crippen molar-refractivity contribution >= 4 is 12.0 Å². The van der Waals surface area contributed by atoms with E-state index in [0.29, 0.717) is 12.6 Å². The summed E-state index contributed by atoms with van der Waals surface area (Å²) in [5.74, 6) is 0.0832. The normalized spacial score (nSPS) is 14.2. The maximum atomic E-state index is 12.5. The summed E-state index contributed by atoms with van der Waals surface area (Å²) >= 11 is 0. The summed E-state index contributed by atoms with van der Waals surface area (Å²) in [4.78, 5) is 18.5. The lowest BCUT2D eigenvalue weighted by molar-refractivity contribution is -0.127. The molecule has 1 aliphatic carbocycles. The van der Waals surface area contributed by atoms with Crippen molar-refractivity contribution in [1.29, 1.82) is 0 Å². The minimum atomic E-state index is 0.0832. The molecule has 0 atom stereocenters. The number of hydrogen-bond donors (Lipinski definition) is 0. The maximum Gasteiger partial charge on any atom is 0.247 e. The first-order valence-corrected chi connectivity index (χ1v) is 7.66. The van der Waals surface area contributed by atoms with E-state index in [2.05, 4.69) is 24.0 Å². The van der Waals surface area contributed by atoms with Crippen molar-refractivity contribution in [3.8, 4) is 0 Å². The fourth-order valence-electron chi connectivity index (χ4n) is 2.40. The third kappa shape index (κ3) is 3.82. The molecule has 1 aliphatic rings. The second-order valence-electron chi connectivity index (χ2n) is 5.80. The van der Waals surface area contributed by atoms with Crippen LogP contribution in [0.15, 0.2) is 54.9 Å². The van der Waals surface area contributed by atoms with Crippen LogP contribution in [0, 0.1) is 6.92 Å². The van der Waals surface area contributed by atoms with Crippen molar-refractivity contribution in [3.63, 3.8) is 0 Å². The zero-order chi connectivity index (χ0) is 15.4. The Morgan fingerprint density at radius 1 is 1.18 bits per heavy atom. The zero-order valence-corrected chi connectivity index (χ0v) is 12.8. The van der Waals surface area contributed by atoms with Crippen LogP contribution in [0.2, 0.25) is 0 Å². The van der Waals surface area contributed by atoms with Crippen molar-refractivity contribution in [2.24, 2.45) is 0 Å². The highest BCUT2D eigenvalue weighted by atomic mass is 16.2. The van der Waals surface area contributed by atoms with E-state index in [0.717, 1.165) is 24.0 Å². The molecule has 1 fully saturated rings. The number of rotatable bonds is 5. The van der Waals surface area contributed by atoms with Gasteiger partial charge in [0.05, 0.1) is 0 Å². The van der Waals surface area contributed by atoms with Crippen LogP contribution in [0.4, 0.5) is 0 Å². The fraction of sp³-hybridized carbons (Fsp3) is 0.263. The third-order valence-corrected chi connectivity index (χ3v) is 3.87. The molecule has 2 aromatic rings. The molecule has 1 amide bonds. The number of amides is 1. The van der Waals surface area contributed by atoms with Gasteiger partial charge in [0, 0.05) is 31.1 Å². The molecule has 1 saturated carbocycles. The van der Waals surface area contributed by atoms with E-state index in [1.54, 1.807) is 18.5 Å². The molecule has 1 aromatic heterocycles. The van der Waals surface area contributed by atoms with Crippen LogP contribution >= 0.6 is 0 Å². The van der Waals surface area contributed by atoms with Crippen molar-refractivity contribution in [2.45, 2.75) is 32.4 Å². The molecule has 0 unspecified atom stereocenters. The summed E-state index contributed by atoms with van der Waals surface area (Å²) in [6.07, 6.45) is 9.33. The van der Waals surface area contributed by atoms with Gasteiger partial charge in [-0.25, -0.2) is 0 Å². The lowest BCUT2D eigenvalue weighted by Crippen LogP contribution is -2.31. The van der Waals surface area contributed by atoms with E-state index < -0.39 is 0 Å². The van der Waals surface area contributed by atoms with Gasteiger partial charge in [-0.05, 0) is 49.1 Å². The van der Waals surface area contributed by atoms with E-state index >= 15 is 0 Å².